The maximum Gasteiger partial charge on any atom is -0.0000226 e. The van der Waals surface area contributed by atoms with Gasteiger partial charge in [-0.25, -0.2) is 0 Å². The summed E-state index contributed by atoms with van der Waals surface area (Å²) in [5, 5.41) is 0. The summed E-state index contributed by atoms with van der Waals surface area (Å²) in [4.78, 5) is 0. The molecule has 0 rings (SSSR count). The lowest BCUT2D eigenvalue weighted by molar-refractivity contribution is 0.522. The number of rotatable bonds is 4. The van der Waals surface area contributed by atoms with E-state index in [-0.39, 0.29) is 0 Å². The second-order valence-corrected chi connectivity index (χ2v) is 3.64. The van der Waals surface area contributed by atoms with Crippen molar-refractivity contribution in [3.05, 3.63) is 12.2 Å². The third kappa shape index (κ3) is 11.9. The molecule has 0 bridgehead atoms. The molecule has 17 heavy (non-hydrogen) atoms. The van der Waals surface area contributed by atoms with Gasteiger partial charge in [-0.1, -0.05) is 38.2 Å². The van der Waals surface area contributed by atoms with Crippen molar-refractivity contribution in [3.63, 3.8) is 0 Å². The second-order valence-electron chi connectivity index (χ2n) is 3.64. The van der Waals surface area contributed by atoms with Crippen LogP contribution in [0.15, 0.2) is 12.2 Å². The van der Waals surface area contributed by atoms with Gasteiger partial charge in [0, 0.05) is 0 Å². The molecular weight excluding hydrogens is 204 g/mol. The van der Waals surface area contributed by atoms with Crippen LogP contribution in [0.25, 0.3) is 0 Å². The van der Waals surface area contributed by atoms with Gasteiger partial charge in [0.2, 0.25) is 0 Å². The van der Waals surface area contributed by atoms with Crippen molar-refractivity contribution >= 4 is 0 Å². The standard InChI is InChI=1S/C17H18/c1-4-6-7-8-9-10-11-12-13-14-15-16-17(3)5-2/h13-14,17H,5,15-16H2,1-3H3/b14-13+. The normalized spacial score (nSPS) is 9.59. The van der Waals surface area contributed by atoms with E-state index in [2.05, 4.69) is 67.3 Å². The second kappa shape index (κ2) is 12.1. The van der Waals surface area contributed by atoms with E-state index in [0.29, 0.717) is 0 Å². The zero-order valence-corrected chi connectivity index (χ0v) is 10.9. The predicted molar refractivity (Wildman–Crippen MR) is 74.6 cm³/mol. The van der Waals surface area contributed by atoms with Gasteiger partial charge in [0.05, 0.1) is 0 Å². The average Bonchev–Trinajstić information content (AvgIpc) is 2.35. The SMILES string of the molecule is CC#CC#CC#CC#C/C=C/CCC(C)CC. The van der Waals surface area contributed by atoms with Gasteiger partial charge in [-0.15, -0.1) is 0 Å². The molecular formula is C17H18. The minimum Gasteiger partial charge on any atom is -0.0925 e. The van der Waals surface area contributed by atoms with E-state index >= 15 is 0 Å². The highest BCUT2D eigenvalue weighted by Crippen LogP contribution is 2.08. The highest BCUT2D eigenvalue weighted by Gasteiger charge is 1.94. The van der Waals surface area contributed by atoms with Crippen molar-refractivity contribution in [2.24, 2.45) is 5.92 Å². The molecule has 0 heterocycles. The Morgan fingerprint density at radius 1 is 1.00 bits per heavy atom. The highest BCUT2D eigenvalue weighted by atomic mass is 14.0. The predicted octanol–water partition coefficient (Wildman–Crippen LogP) is 3.40. The van der Waals surface area contributed by atoms with Gasteiger partial charge >= 0.3 is 0 Å². The summed E-state index contributed by atoms with van der Waals surface area (Å²) in [5.74, 6) is 22.1. The van der Waals surface area contributed by atoms with Crippen LogP contribution in [-0.2, 0) is 0 Å². The fourth-order valence-corrected chi connectivity index (χ4v) is 0.992. The molecule has 0 saturated carbocycles. The Balaban J connectivity index is 3.85. The molecule has 0 aromatic carbocycles. The van der Waals surface area contributed by atoms with E-state index < -0.39 is 0 Å². The molecule has 0 amide bonds. The van der Waals surface area contributed by atoms with Gasteiger partial charge in [-0.05, 0) is 67.3 Å². The number of allylic oxidation sites excluding steroid dienone is 2. The van der Waals surface area contributed by atoms with Crippen molar-refractivity contribution in [3.8, 4) is 47.4 Å². The Bertz CT molecular complexity index is 461. The summed E-state index contributed by atoms with van der Waals surface area (Å²) in [6.45, 7) is 6.22. The average molecular weight is 222 g/mol. The molecule has 0 aliphatic heterocycles. The van der Waals surface area contributed by atoms with Crippen LogP contribution >= 0.6 is 0 Å². The molecule has 0 heteroatoms. The van der Waals surface area contributed by atoms with Crippen LogP contribution in [0.4, 0.5) is 0 Å². The molecule has 86 valence electrons. The van der Waals surface area contributed by atoms with Gasteiger partial charge < -0.3 is 0 Å². The van der Waals surface area contributed by atoms with E-state index in [9.17, 15) is 0 Å². The van der Waals surface area contributed by atoms with Crippen molar-refractivity contribution < 1.29 is 0 Å². The third-order valence-electron chi connectivity index (χ3n) is 2.23. The molecule has 0 saturated heterocycles. The first-order valence-corrected chi connectivity index (χ1v) is 5.88. The number of hydrogen-bond donors (Lipinski definition) is 0. The summed E-state index contributed by atoms with van der Waals surface area (Å²) >= 11 is 0. The summed E-state index contributed by atoms with van der Waals surface area (Å²) in [5.41, 5.74) is 0. The van der Waals surface area contributed by atoms with Gasteiger partial charge in [0.1, 0.15) is 0 Å². The fourth-order valence-electron chi connectivity index (χ4n) is 0.992. The Morgan fingerprint density at radius 3 is 2.29 bits per heavy atom. The molecule has 0 N–H and O–H groups in total. The maximum atomic E-state index is 2.86. The minimum absolute atomic E-state index is 0.794. The van der Waals surface area contributed by atoms with Gasteiger partial charge in [-0.2, -0.15) is 0 Å². The monoisotopic (exact) mass is 222 g/mol. The maximum absolute atomic E-state index is 2.86. The first-order valence-electron chi connectivity index (χ1n) is 5.88. The zero-order chi connectivity index (χ0) is 12.8. The molecule has 0 aromatic rings. The highest BCUT2D eigenvalue weighted by molar-refractivity contribution is 5.40. The van der Waals surface area contributed by atoms with Crippen LogP contribution in [0, 0.1) is 53.3 Å². The lowest BCUT2D eigenvalue weighted by Gasteiger charge is -2.03. The van der Waals surface area contributed by atoms with Crippen LogP contribution in [0.2, 0.25) is 0 Å². The van der Waals surface area contributed by atoms with Gasteiger partial charge in [0.15, 0.2) is 0 Å². The molecule has 0 aromatic heterocycles. The Morgan fingerprint density at radius 2 is 1.65 bits per heavy atom. The van der Waals surface area contributed by atoms with Gasteiger partial charge in [-0.3, -0.25) is 0 Å². The number of hydrogen-bond acceptors (Lipinski definition) is 0. The van der Waals surface area contributed by atoms with Crippen molar-refractivity contribution in [1.29, 1.82) is 0 Å². The Labute approximate surface area is 106 Å². The summed E-state index contributed by atoms with van der Waals surface area (Å²) in [7, 11) is 0. The van der Waals surface area contributed by atoms with E-state index in [1.807, 2.05) is 6.08 Å². The van der Waals surface area contributed by atoms with Crippen LogP contribution in [0.1, 0.15) is 40.0 Å². The largest absolute Gasteiger partial charge is 0.0925 e. The van der Waals surface area contributed by atoms with E-state index in [4.69, 9.17) is 0 Å². The molecule has 0 radical (unpaired) electrons. The lowest BCUT2D eigenvalue weighted by atomic mass is 10.0. The first kappa shape index (κ1) is 15.0. The van der Waals surface area contributed by atoms with Crippen LogP contribution in [0.5, 0.6) is 0 Å². The molecule has 0 aliphatic carbocycles. The molecule has 1 atom stereocenters. The van der Waals surface area contributed by atoms with Crippen LogP contribution in [0.3, 0.4) is 0 Å². The smallest absolute Gasteiger partial charge is 0.0000226 e. The topological polar surface area (TPSA) is 0 Å². The van der Waals surface area contributed by atoms with Crippen molar-refractivity contribution in [2.45, 2.75) is 40.0 Å². The van der Waals surface area contributed by atoms with E-state index in [1.165, 1.54) is 12.8 Å². The van der Waals surface area contributed by atoms with Gasteiger partial charge in [0.25, 0.3) is 0 Å². The summed E-state index contributed by atoms with van der Waals surface area (Å²) < 4.78 is 0. The van der Waals surface area contributed by atoms with Crippen LogP contribution in [-0.4, -0.2) is 0 Å². The Kier molecular flexibility index (Phi) is 10.6. The summed E-state index contributed by atoms with van der Waals surface area (Å²) in [6.07, 6.45) is 7.50. The fraction of sp³-hybridized carbons (Fsp3) is 0.412. The van der Waals surface area contributed by atoms with Crippen molar-refractivity contribution in [1.82, 2.24) is 0 Å². The molecule has 0 fully saturated rings. The molecule has 0 aliphatic rings. The van der Waals surface area contributed by atoms with E-state index in [0.717, 1.165) is 12.3 Å². The molecule has 0 nitrogen and oxygen atoms in total. The van der Waals surface area contributed by atoms with E-state index in [1.54, 1.807) is 6.92 Å². The minimum atomic E-state index is 0.794. The molecule has 0 spiro atoms. The lowest BCUT2D eigenvalue weighted by Crippen LogP contribution is -1.89. The third-order valence-corrected chi connectivity index (χ3v) is 2.23. The van der Waals surface area contributed by atoms with Crippen molar-refractivity contribution in [2.75, 3.05) is 0 Å². The Hall–Kier alpha value is -2.02. The van der Waals surface area contributed by atoms with Crippen LogP contribution < -0.4 is 0 Å². The zero-order valence-electron chi connectivity index (χ0n) is 10.9. The quantitative estimate of drug-likeness (QED) is 0.639. The summed E-state index contributed by atoms with van der Waals surface area (Å²) in [6, 6.07) is 0. The molecule has 1 unspecified atom stereocenters. The first-order chi connectivity index (χ1) is 8.31.